The summed E-state index contributed by atoms with van der Waals surface area (Å²) in [5, 5.41) is 10.3. The molecule has 44 heavy (non-hydrogen) atoms. The van der Waals surface area contributed by atoms with Crippen molar-refractivity contribution in [3.8, 4) is 17.0 Å². The minimum absolute atomic E-state index is 0.0374. The van der Waals surface area contributed by atoms with Gasteiger partial charge in [-0.1, -0.05) is 47.5 Å². The van der Waals surface area contributed by atoms with Gasteiger partial charge in [-0.25, -0.2) is 18.8 Å². The second-order valence-electron chi connectivity index (χ2n) is 10.6. The number of nitrogen functional groups attached to an aromatic ring is 1. The number of anilines is 1. The molecule has 0 aliphatic heterocycles. The van der Waals surface area contributed by atoms with Gasteiger partial charge in [-0.15, -0.1) is 0 Å². The first kappa shape index (κ1) is 33.2. The standard InChI is InChI=1S/C32H30Cl2F4N4O2/c1-32(2,43)22-13-24(42-30(28(22)36)20-9-10-23(35)27(34)26(20)33)21(18-7-5-4-6-8-18)16-40-14-17-11-19(15-41-31(37)38)29(39)25(12-17)44-3/h4-7,9-15,18,21,31,43H,8,16,39H2,1-3H3/b40-14?,41-15+. The molecular formula is C32H30Cl2F4N4O2. The highest BCUT2D eigenvalue weighted by Gasteiger charge is 2.31. The summed E-state index contributed by atoms with van der Waals surface area (Å²) < 4.78 is 60.7. The molecule has 0 bridgehead atoms. The molecule has 2 aromatic carbocycles. The van der Waals surface area contributed by atoms with Crippen molar-refractivity contribution in [2.75, 3.05) is 19.4 Å². The predicted octanol–water partition coefficient (Wildman–Crippen LogP) is 8.13. The van der Waals surface area contributed by atoms with Crippen molar-refractivity contribution in [2.45, 2.75) is 38.3 Å². The molecule has 0 saturated carbocycles. The number of aliphatic hydroxyl groups is 1. The van der Waals surface area contributed by atoms with Crippen molar-refractivity contribution in [3.05, 3.63) is 98.7 Å². The Labute approximate surface area is 262 Å². The lowest BCUT2D eigenvalue weighted by atomic mass is 9.82. The Bertz CT molecular complexity index is 1650. The molecule has 1 aromatic heterocycles. The zero-order chi connectivity index (χ0) is 32.2. The normalized spacial score (nSPS) is 16.0. The number of nitrogens with zero attached hydrogens (tertiary/aromatic N) is 3. The molecule has 0 amide bonds. The van der Waals surface area contributed by atoms with Crippen molar-refractivity contribution in [2.24, 2.45) is 15.9 Å². The van der Waals surface area contributed by atoms with Crippen molar-refractivity contribution in [1.82, 2.24) is 4.98 Å². The lowest BCUT2D eigenvalue weighted by Gasteiger charge is -2.27. The van der Waals surface area contributed by atoms with Crippen LogP contribution in [0, 0.1) is 17.6 Å². The van der Waals surface area contributed by atoms with Gasteiger partial charge in [-0.2, -0.15) is 8.78 Å². The average molecular weight is 650 g/mol. The number of pyridine rings is 1. The summed E-state index contributed by atoms with van der Waals surface area (Å²) in [6.07, 6.45) is 10.9. The number of allylic oxidation sites excluding steroid dienone is 4. The Morgan fingerprint density at radius 3 is 2.52 bits per heavy atom. The van der Waals surface area contributed by atoms with Crippen LogP contribution in [-0.2, 0) is 5.60 Å². The summed E-state index contributed by atoms with van der Waals surface area (Å²) in [6.45, 7) is 0.145. The third kappa shape index (κ3) is 7.49. The van der Waals surface area contributed by atoms with E-state index in [0.717, 1.165) is 12.3 Å². The number of halogens is 6. The fourth-order valence-corrected chi connectivity index (χ4v) is 5.25. The third-order valence-corrected chi connectivity index (χ3v) is 7.98. The van der Waals surface area contributed by atoms with Crippen LogP contribution in [0.15, 0.2) is 64.6 Å². The zero-order valence-electron chi connectivity index (χ0n) is 24.0. The Hall–Kier alpha value is -3.73. The summed E-state index contributed by atoms with van der Waals surface area (Å²) in [4.78, 5) is 12.4. The number of benzene rings is 2. The van der Waals surface area contributed by atoms with E-state index in [-0.39, 0.29) is 56.3 Å². The molecule has 3 aromatic rings. The second-order valence-corrected chi connectivity index (χ2v) is 11.4. The summed E-state index contributed by atoms with van der Waals surface area (Å²) in [5.74, 6) is -1.86. The number of hydrogen-bond donors (Lipinski definition) is 2. The Morgan fingerprint density at radius 2 is 1.89 bits per heavy atom. The molecule has 2 unspecified atom stereocenters. The maximum absolute atomic E-state index is 15.9. The number of nitrogens with two attached hydrogens (primary N) is 1. The zero-order valence-corrected chi connectivity index (χ0v) is 25.6. The average Bonchev–Trinajstić information content (AvgIpc) is 2.98. The van der Waals surface area contributed by atoms with Crippen LogP contribution in [0.3, 0.4) is 0 Å². The number of aliphatic imine (C=N–C) groups is 2. The number of ether oxygens (including phenoxy) is 1. The molecule has 12 heteroatoms. The van der Waals surface area contributed by atoms with E-state index in [1.54, 1.807) is 12.1 Å². The molecule has 0 spiro atoms. The van der Waals surface area contributed by atoms with Gasteiger partial charge in [0.25, 0.3) is 0 Å². The van der Waals surface area contributed by atoms with Gasteiger partial charge in [0.05, 0.1) is 28.4 Å². The lowest BCUT2D eigenvalue weighted by molar-refractivity contribution is 0.0743. The van der Waals surface area contributed by atoms with E-state index >= 15 is 4.39 Å². The third-order valence-electron chi connectivity index (χ3n) is 7.12. The first-order valence-electron chi connectivity index (χ1n) is 13.5. The lowest BCUT2D eigenvalue weighted by Crippen LogP contribution is -2.22. The molecule has 6 nitrogen and oxygen atoms in total. The number of alkyl halides is 2. The number of methoxy groups -OCH3 is 1. The number of aromatic nitrogens is 1. The van der Waals surface area contributed by atoms with Gasteiger partial charge in [0.15, 0.2) is 5.82 Å². The van der Waals surface area contributed by atoms with Gasteiger partial charge in [0.1, 0.15) is 17.3 Å². The summed E-state index contributed by atoms with van der Waals surface area (Å²) in [5.41, 5.74) is 5.57. The van der Waals surface area contributed by atoms with Gasteiger partial charge >= 0.3 is 6.55 Å². The van der Waals surface area contributed by atoms with Crippen LogP contribution < -0.4 is 10.5 Å². The van der Waals surface area contributed by atoms with E-state index < -0.39 is 29.7 Å². The van der Waals surface area contributed by atoms with Crippen molar-refractivity contribution in [1.29, 1.82) is 0 Å². The van der Waals surface area contributed by atoms with E-state index in [0.29, 0.717) is 17.7 Å². The van der Waals surface area contributed by atoms with Crippen LogP contribution >= 0.6 is 23.2 Å². The quantitative estimate of drug-likeness (QED) is 0.0763. The monoisotopic (exact) mass is 648 g/mol. The molecular weight excluding hydrogens is 619 g/mol. The maximum Gasteiger partial charge on any atom is 0.331 e. The topological polar surface area (TPSA) is 93.1 Å². The van der Waals surface area contributed by atoms with Gasteiger partial charge in [-0.05, 0) is 62.1 Å². The minimum atomic E-state index is -2.90. The van der Waals surface area contributed by atoms with Crippen molar-refractivity contribution < 1.29 is 27.4 Å². The highest BCUT2D eigenvalue weighted by atomic mass is 35.5. The van der Waals surface area contributed by atoms with Crippen molar-refractivity contribution >= 4 is 41.3 Å². The highest BCUT2D eigenvalue weighted by Crippen LogP contribution is 2.40. The Kier molecular flexibility index (Phi) is 10.5. The summed E-state index contributed by atoms with van der Waals surface area (Å²) >= 11 is 12.4. The van der Waals surface area contributed by atoms with Gasteiger partial charge in [0.2, 0.25) is 0 Å². The molecule has 0 fully saturated rings. The van der Waals surface area contributed by atoms with Crippen LogP contribution in [0.25, 0.3) is 11.3 Å². The highest BCUT2D eigenvalue weighted by molar-refractivity contribution is 6.43. The molecule has 1 aliphatic carbocycles. The smallest absolute Gasteiger partial charge is 0.331 e. The molecule has 0 radical (unpaired) electrons. The first-order chi connectivity index (χ1) is 20.8. The van der Waals surface area contributed by atoms with E-state index in [2.05, 4.69) is 15.0 Å². The van der Waals surface area contributed by atoms with Gasteiger partial charge in [0, 0.05) is 47.3 Å². The molecule has 3 N–H and O–H groups in total. The molecule has 0 saturated heterocycles. The van der Waals surface area contributed by atoms with E-state index in [9.17, 15) is 18.3 Å². The molecule has 2 atom stereocenters. The molecule has 4 rings (SSSR count). The van der Waals surface area contributed by atoms with Crippen molar-refractivity contribution in [3.63, 3.8) is 0 Å². The SMILES string of the molecule is COc1cc(C=NCC(c2cc(C(C)(C)O)c(F)c(-c3ccc(F)c(Cl)c3Cl)n2)C2C=CC=CC2)cc(/C=N/C(F)F)c1N. The molecule has 1 aliphatic rings. The first-order valence-corrected chi connectivity index (χ1v) is 14.3. The van der Waals surface area contributed by atoms with Crippen LogP contribution in [0.1, 0.15) is 48.6 Å². The Morgan fingerprint density at radius 1 is 1.14 bits per heavy atom. The van der Waals surface area contributed by atoms with Crippen LogP contribution in [0.4, 0.5) is 23.2 Å². The van der Waals surface area contributed by atoms with Gasteiger partial charge < -0.3 is 15.6 Å². The fraction of sp³-hybridized carbons (Fsp3) is 0.281. The van der Waals surface area contributed by atoms with E-state index in [1.807, 2.05) is 24.3 Å². The van der Waals surface area contributed by atoms with Crippen LogP contribution in [0.5, 0.6) is 5.75 Å². The summed E-state index contributed by atoms with van der Waals surface area (Å²) in [7, 11) is 1.40. The molecule has 232 valence electrons. The maximum atomic E-state index is 15.9. The van der Waals surface area contributed by atoms with Gasteiger partial charge in [-0.3, -0.25) is 4.99 Å². The summed E-state index contributed by atoms with van der Waals surface area (Å²) in [6, 6.07) is 7.00. The van der Waals surface area contributed by atoms with Crippen LogP contribution in [0.2, 0.25) is 10.0 Å². The fourth-order valence-electron chi connectivity index (χ4n) is 4.85. The van der Waals surface area contributed by atoms with E-state index in [4.69, 9.17) is 33.7 Å². The van der Waals surface area contributed by atoms with E-state index in [1.165, 1.54) is 39.3 Å². The molecule has 1 heterocycles. The van der Waals surface area contributed by atoms with Crippen LogP contribution in [-0.4, -0.2) is 42.7 Å². The Balaban J connectivity index is 1.81. The number of rotatable bonds is 10. The second kappa shape index (κ2) is 13.9. The number of hydrogen-bond acceptors (Lipinski definition) is 6. The largest absolute Gasteiger partial charge is 0.495 e. The minimum Gasteiger partial charge on any atom is -0.495 e. The predicted molar refractivity (Wildman–Crippen MR) is 167 cm³/mol.